The maximum absolute atomic E-state index is 4.65. The van der Waals surface area contributed by atoms with Gasteiger partial charge >= 0.3 is 0 Å². The largest absolute Gasteiger partial charge is 0.261 e. The lowest BCUT2D eigenvalue weighted by Gasteiger charge is -2.27. The highest BCUT2D eigenvalue weighted by atomic mass is 14.7. The Hall–Kier alpha value is -1.63. The Kier molecular flexibility index (Phi) is 4.69. The minimum atomic E-state index is 0.453. The molecule has 21 heavy (non-hydrogen) atoms. The number of hydrogen-bond acceptors (Lipinski definition) is 1. The summed E-state index contributed by atoms with van der Waals surface area (Å²) in [4.78, 5) is 4.65. The van der Waals surface area contributed by atoms with Crippen molar-refractivity contribution in [2.24, 2.45) is 5.92 Å². The molecule has 1 atom stereocenters. The van der Waals surface area contributed by atoms with E-state index in [2.05, 4.69) is 48.3 Å². The summed E-state index contributed by atoms with van der Waals surface area (Å²) >= 11 is 0. The van der Waals surface area contributed by atoms with Crippen LogP contribution in [-0.4, -0.2) is 4.98 Å². The second-order valence-corrected chi connectivity index (χ2v) is 6.46. The maximum Gasteiger partial charge on any atom is 0.0478 e. The Morgan fingerprint density at radius 3 is 2.62 bits per heavy atom. The van der Waals surface area contributed by atoms with Gasteiger partial charge in [0.05, 0.1) is 0 Å². The van der Waals surface area contributed by atoms with Gasteiger partial charge in [0.25, 0.3) is 0 Å². The molecule has 1 aromatic carbocycles. The van der Waals surface area contributed by atoms with Gasteiger partial charge in [-0.3, -0.25) is 4.98 Å². The Balaban J connectivity index is 1.87. The molecule has 1 aliphatic carbocycles. The molecule has 1 aromatic heterocycles. The molecular weight excluding hydrogens is 254 g/mol. The molecule has 1 heterocycles. The molecule has 0 saturated heterocycles. The number of pyridine rings is 1. The summed E-state index contributed by atoms with van der Waals surface area (Å²) in [6, 6.07) is 15.3. The predicted molar refractivity (Wildman–Crippen MR) is 88.5 cm³/mol. The molecule has 2 aromatic rings. The molecule has 0 bridgehead atoms. The van der Waals surface area contributed by atoms with E-state index in [0.717, 1.165) is 5.92 Å². The first-order chi connectivity index (χ1) is 10.3. The van der Waals surface area contributed by atoms with Crippen molar-refractivity contribution in [2.45, 2.75) is 51.4 Å². The van der Waals surface area contributed by atoms with Crippen LogP contribution < -0.4 is 0 Å². The van der Waals surface area contributed by atoms with Crippen molar-refractivity contribution in [1.82, 2.24) is 4.98 Å². The van der Waals surface area contributed by atoms with Crippen molar-refractivity contribution in [3.8, 4) is 0 Å². The summed E-state index contributed by atoms with van der Waals surface area (Å²) in [5.74, 6) is 1.32. The van der Waals surface area contributed by atoms with Gasteiger partial charge in [0.15, 0.2) is 0 Å². The fourth-order valence-electron chi connectivity index (χ4n) is 3.65. The van der Waals surface area contributed by atoms with Crippen molar-refractivity contribution in [2.75, 3.05) is 0 Å². The molecule has 1 saturated carbocycles. The molecule has 1 fully saturated rings. The van der Waals surface area contributed by atoms with E-state index in [-0.39, 0.29) is 0 Å². The standard InChI is InChI=1S/C20H25N/c1-16-8-7-11-18(14-16)19(20-12-5-6-13-21-20)15-17-9-3-2-4-10-17/h5-8,11-14,17,19H,2-4,9-10,15H2,1H3. The number of benzene rings is 1. The highest BCUT2D eigenvalue weighted by Gasteiger charge is 2.22. The summed E-state index contributed by atoms with van der Waals surface area (Å²) in [5.41, 5.74) is 4.00. The molecule has 0 radical (unpaired) electrons. The predicted octanol–water partition coefficient (Wildman–Crippen LogP) is 5.49. The van der Waals surface area contributed by atoms with E-state index >= 15 is 0 Å². The third-order valence-corrected chi connectivity index (χ3v) is 4.78. The van der Waals surface area contributed by atoms with Crippen LogP contribution in [0, 0.1) is 12.8 Å². The molecular formula is C20H25N. The Bertz CT molecular complexity index is 555. The van der Waals surface area contributed by atoms with Crippen LogP contribution in [-0.2, 0) is 0 Å². The van der Waals surface area contributed by atoms with E-state index in [1.165, 1.54) is 55.3 Å². The van der Waals surface area contributed by atoms with Crippen molar-refractivity contribution in [3.05, 3.63) is 65.5 Å². The summed E-state index contributed by atoms with van der Waals surface area (Å²) in [7, 11) is 0. The van der Waals surface area contributed by atoms with Gasteiger partial charge in [0, 0.05) is 17.8 Å². The van der Waals surface area contributed by atoms with Crippen LogP contribution in [0.2, 0.25) is 0 Å². The summed E-state index contributed by atoms with van der Waals surface area (Å²) in [5, 5.41) is 0. The first-order valence-electron chi connectivity index (χ1n) is 8.30. The van der Waals surface area contributed by atoms with Crippen LogP contribution in [0.4, 0.5) is 0 Å². The summed E-state index contributed by atoms with van der Waals surface area (Å²) in [6.45, 7) is 2.18. The number of aromatic nitrogens is 1. The second-order valence-electron chi connectivity index (χ2n) is 6.46. The zero-order valence-electron chi connectivity index (χ0n) is 13.0. The van der Waals surface area contributed by atoms with Gasteiger partial charge < -0.3 is 0 Å². The van der Waals surface area contributed by atoms with Crippen LogP contribution >= 0.6 is 0 Å². The quantitative estimate of drug-likeness (QED) is 0.721. The Morgan fingerprint density at radius 1 is 1.05 bits per heavy atom. The molecule has 1 aliphatic rings. The Morgan fingerprint density at radius 2 is 1.90 bits per heavy atom. The van der Waals surface area contributed by atoms with Crippen LogP contribution in [0.3, 0.4) is 0 Å². The van der Waals surface area contributed by atoms with Gasteiger partial charge in [-0.25, -0.2) is 0 Å². The van der Waals surface area contributed by atoms with E-state index in [4.69, 9.17) is 0 Å². The van der Waals surface area contributed by atoms with Crippen LogP contribution in [0.5, 0.6) is 0 Å². The lowest BCUT2D eigenvalue weighted by Crippen LogP contribution is -2.13. The minimum absolute atomic E-state index is 0.453. The summed E-state index contributed by atoms with van der Waals surface area (Å²) < 4.78 is 0. The molecule has 1 unspecified atom stereocenters. The van der Waals surface area contributed by atoms with E-state index in [9.17, 15) is 0 Å². The molecule has 0 amide bonds. The SMILES string of the molecule is Cc1cccc(C(CC2CCCCC2)c2ccccn2)c1. The van der Waals surface area contributed by atoms with E-state index < -0.39 is 0 Å². The molecule has 1 nitrogen and oxygen atoms in total. The van der Waals surface area contributed by atoms with E-state index in [0.29, 0.717) is 5.92 Å². The smallest absolute Gasteiger partial charge is 0.0478 e. The molecule has 0 N–H and O–H groups in total. The van der Waals surface area contributed by atoms with Crippen molar-refractivity contribution >= 4 is 0 Å². The number of nitrogens with zero attached hydrogens (tertiary/aromatic N) is 1. The minimum Gasteiger partial charge on any atom is -0.261 e. The molecule has 3 rings (SSSR count). The molecule has 110 valence electrons. The highest BCUT2D eigenvalue weighted by molar-refractivity contribution is 5.31. The van der Waals surface area contributed by atoms with Gasteiger partial charge in [-0.1, -0.05) is 68.0 Å². The third-order valence-electron chi connectivity index (χ3n) is 4.78. The number of hydrogen-bond donors (Lipinski definition) is 0. The van der Waals surface area contributed by atoms with E-state index in [1.807, 2.05) is 12.3 Å². The van der Waals surface area contributed by atoms with Gasteiger partial charge in [0.2, 0.25) is 0 Å². The van der Waals surface area contributed by atoms with Gasteiger partial charge in [-0.15, -0.1) is 0 Å². The van der Waals surface area contributed by atoms with Crippen molar-refractivity contribution in [1.29, 1.82) is 0 Å². The zero-order valence-corrected chi connectivity index (χ0v) is 13.0. The lowest BCUT2D eigenvalue weighted by molar-refractivity contribution is 0.326. The maximum atomic E-state index is 4.65. The molecule has 0 aliphatic heterocycles. The second kappa shape index (κ2) is 6.89. The first-order valence-corrected chi connectivity index (χ1v) is 8.30. The van der Waals surface area contributed by atoms with Crippen LogP contribution in [0.1, 0.15) is 61.3 Å². The lowest BCUT2D eigenvalue weighted by atomic mass is 9.79. The van der Waals surface area contributed by atoms with Crippen molar-refractivity contribution < 1.29 is 0 Å². The fraction of sp³-hybridized carbons (Fsp3) is 0.450. The normalized spacial score (nSPS) is 17.6. The topological polar surface area (TPSA) is 12.9 Å². The highest BCUT2D eigenvalue weighted by Crippen LogP contribution is 2.36. The number of aryl methyl sites for hydroxylation is 1. The number of rotatable bonds is 4. The molecule has 0 spiro atoms. The summed E-state index contributed by atoms with van der Waals surface area (Å²) in [6.07, 6.45) is 10.2. The van der Waals surface area contributed by atoms with Crippen LogP contribution in [0.15, 0.2) is 48.7 Å². The van der Waals surface area contributed by atoms with Gasteiger partial charge in [-0.2, -0.15) is 0 Å². The Labute approximate surface area is 128 Å². The van der Waals surface area contributed by atoms with E-state index in [1.54, 1.807) is 0 Å². The third kappa shape index (κ3) is 3.72. The fourth-order valence-corrected chi connectivity index (χ4v) is 3.65. The van der Waals surface area contributed by atoms with Gasteiger partial charge in [0.1, 0.15) is 0 Å². The monoisotopic (exact) mass is 279 g/mol. The van der Waals surface area contributed by atoms with Crippen LogP contribution in [0.25, 0.3) is 0 Å². The van der Waals surface area contributed by atoms with Crippen molar-refractivity contribution in [3.63, 3.8) is 0 Å². The zero-order chi connectivity index (χ0) is 14.5. The molecule has 1 heteroatoms. The first kappa shape index (κ1) is 14.3. The van der Waals surface area contributed by atoms with Gasteiger partial charge in [-0.05, 0) is 37.0 Å². The average molecular weight is 279 g/mol. The average Bonchev–Trinajstić information content (AvgIpc) is 2.54.